The van der Waals surface area contributed by atoms with E-state index < -0.39 is 5.60 Å². The normalized spacial score (nSPS) is 24.5. The maximum Gasteiger partial charge on any atom is 0.414 e. The monoisotopic (exact) mass is 440 g/mol. The maximum atomic E-state index is 12.9. The van der Waals surface area contributed by atoms with E-state index in [9.17, 15) is 4.79 Å². The van der Waals surface area contributed by atoms with Gasteiger partial charge in [-0.25, -0.2) is 4.79 Å². The smallest absolute Gasteiger partial charge is 0.414 e. The number of piperidine rings is 1. The van der Waals surface area contributed by atoms with Crippen molar-refractivity contribution in [2.75, 3.05) is 32.4 Å². The number of benzene rings is 1. The van der Waals surface area contributed by atoms with Crippen LogP contribution in [0.4, 0.5) is 10.5 Å². The second-order valence-corrected chi connectivity index (χ2v) is 11.4. The molecule has 2 heterocycles. The lowest BCUT2D eigenvalue weighted by Crippen LogP contribution is -2.44. The van der Waals surface area contributed by atoms with Crippen molar-refractivity contribution in [2.24, 2.45) is 16.3 Å². The van der Waals surface area contributed by atoms with E-state index in [4.69, 9.17) is 15.5 Å². The Labute approximate surface area is 193 Å². The molecule has 0 aliphatic carbocycles. The van der Waals surface area contributed by atoms with Crippen LogP contribution in [-0.2, 0) is 4.74 Å². The number of anilines is 1. The van der Waals surface area contributed by atoms with Gasteiger partial charge in [0.2, 0.25) is 0 Å². The first kappa shape index (κ1) is 24.3. The van der Waals surface area contributed by atoms with Crippen molar-refractivity contribution < 1.29 is 9.53 Å². The molecule has 3 rings (SSSR count). The number of nitrogens with zero attached hydrogens (tertiary/aromatic N) is 3. The highest BCUT2D eigenvalue weighted by atomic mass is 16.6. The van der Waals surface area contributed by atoms with Crippen molar-refractivity contribution in [3.05, 3.63) is 35.4 Å². The molecule has 0 spiro atoms. The van der Waals surface area contributed by atoms with Gasteiger partial charge in [-0.3, -0.25) is 9.89 Å². The van der Waals surface area contributed by atoms with Gasteiger partial charge in [-0.05, 0) is 58.1 Å². The molecule has 6 heteroatoms. The van der Waals surface area contributed by atoms with Gasteiger partial charge in [0.15, 0.2) is 0 Å². The molecule has 1 saturated heterocycles. The number of likely N-dealkylation sites (N-methyl/N-ethyl adjacent to an activating group) is 1. The number of amides is 1. The van der Waals surface area contributed by atoms with Gasteiger partial charge in [-0.1, -0.05) is 39.0 Å². The van der Waals surface area contributed by atoms with E-state index in [0.29, 0.717) is 18.2 Å². The molecular weight excluding hydrogens is 400 g/mol. The minimum atomic E-state index is -0.538. The van der Waals surface area contributed by atoms with Crippen molar-refractivity contribution in [3.8, 4) is 0 Å². The Balaban J connectivity index is 1.79. The second-order valence-electron chi connectivity index (χ2n) is 11.4. The number of allylic oxidation sites excluding steroid dienone is 1. The van der Waals surface area contributed by atoms with Gasteiger partial charge in [-0.15, -0.1) is 0 Å². The molecule has 2 aliphatic rings. The predicted octanol–water partition coefficient (Wildman–Crippen LogP) is 5.04. The fourth-order valence-corrected chi connectivity index (χ4v) is 4.73. The van der Waals surface area contributed by atoms with Crippen LogP contribution in [0.1, 0.15) is 65.5 Å². The Morgan fingerprint density at radius 2 is 2.00 bits per heavy atom. The number of carbonyl (C=O) groups excluding carboxylic acids is 1. The zero-order valence-corrected chi connectivity index (χ0v) is 20.8. The van der Waals surface area contributed by atoms with Crippen LogP contribution in [0, 0.1) is 11.3 Å². The van der Waals surface area contributed by atoms with E-state index in [1.807, 2.05) is 45.2 Å². The average Bonchev–Trinajstić information content (AvgIpc) is 2.64. The molecule has 0 aromatic heterocycles. The van der Waals surface area contributed by atoms with Crippen molar-refractivity contribution in [1.82, 2.24) is 9.80 Å². The van der Waals surface area contributed by atoms with Gasteiger partial charge >= 0.3 is 6.09 Å². The van der Waals surface area contributed by atoms with Crippen LogP contribution in [0.5, 0.6) is 0 Å². The number of ether oxygens (including phenoxy) is 1. The summed E-state index contributed by atoms with van der Waals surface area (Å²) in [6, 6.07) is 6.23. The Morgan fingerprint density at radius 3 is 2.62 bits per heavy atom. The molecule has 1 amide bonds. The van der Waals surface area contributed by atoms with Gasteiger partial charge in [-0.2, -0.15) is 0 Å². The summed E-state index contributed by atoms with van der Waals surface area (Å²) in [4.78, 5) is 21.8. The quantitative estimate of drug-likeness (QED) is 0.528. The van der Waals surface area contributed by atoms with Crippen LogP contribution >= 0.6 is 0 Å². The molecular formula is C26H40N4O2. The minimum absolute atomic E-state index is 0.264. The van der Waals surface area contributed by atoms with Crippen LogP contribution in [0.25, 0.3) is 5.70 Å². The van der Waals surface area contributed by atoms with E-state index in [-0.39, 0.29) is 17.6 Å². The van der Waals surface area contributed by atoms with Crippen LogP contribution in [0.3, 0.4) is 0 Å². The highest BCUT2D eigenvalue weighted by Gasteiger charge is 2.31. The Kier molecular flexibility index (Phi) is 7.03. The number of carbonyl (C=O) groups is 1. The second kappa shape index (κ2) is 9.26. The maximum absolute atomic E-state index is 12.9. The summed E-state index contributed by atoms with van der Waals surface area (Å²) in [7, 11) is 2.15. The first-order chi connectivity index (χ1) is 14.8. The fourth-order valence-electron chi connectivity index (χ4n) is 4.73. The van der Waals surface area contributed by atoms with Crippen LogP contribution in [0.15, 0.2) is 29.3 Å². The number of rotatable bonds is 3. The van der Waals surface area contributed by atoms with Crippen LogP contribution in [0.2, 0.25) is 0 Å². The van der Waals surface area contributed by atoms with Crippen molar-refractivity contribution >= 4 is 23.7 Å². The summed E-state index contributed by atoms with van der Waals surface area (Å²) >= 11 is 0. The summed E-state index contributed by atoms with van der Waals surface area (Å²) in [5.41, 5.74) is 9.50. The lowest BCUT2D eigenvalue weighted by Gasteiger charge is -2.39. The largest absolute Gasteiger partial charge is 0.443 e. The predicted molar refractivity (Wildman–Crippen MR) is 133 cm³/mol. The fraction of sp³-hybridized carbons (Fsp3) is 0.615. The third-order valence-corrected chi connectivity index (χ3v) is 5.93. The molecule has 0 bridgehead atoms. The summed E-state index contributed by atoms with van der Waals surface area (Å²) in [5.74, 6) is 0.382. The highest BCUT2D eigenvalue weighted by molar-refractivity contribution is 5.90. The van der Waals surface area contributed by atoms with E-state index in [1.165, 1.54) is 0 Å². The summed E-state index contributed by atoms with van der Waals surface area (Å²) in [5, 5.41) is 0. The average molecular weight is 441 g/mol. The number of nitrogens with two attached hydrogens (primary N) is 1. The SMILES string of the molecule is CC1CC=C(c2ccc(C=NC3CN(C)CC(C)(C)C3)c(N)c2)N(C(=O)OC(C)(C)C)C1. The number of hydrogen-bond donors (Lipinski definition) is 1. The molecule has 0 saturated carbocycles. The minimum Gasteiger partial charge on any atom is -0.443 e. The van der Waals surface area contributed by atoms with E-state index in [1.54, 1.807) is 4.90 Å². The van der Waals surface area contributed by atoms with Gasteiger partial charge in [0, 0.05) is 42.7 Å². The molecule has 2 N–H and O–H groups in total. The Morgan fingerprint density at radius 1 is 1.28 bits per heavy atom. The zero-order chi connectivity index (χ0) is 23.7. The highest BCUT2D eigenvalue weighted by Crippen LogP contribution is 2.32. The van der Waals surface area contributed by atoms with Crippen molar-refractivity contribution in [1.29, 1.82) is 0 Å². The zero-order valence-electron chi connectivity index (χ0n) is 20.8. The lowest BCUT2D eigenvalue weighted by atomic mass is 9.82. The van der Waals surface area contributed by atoms with Gasteiger partial charge < -0.3 is 15.4 Å². The Bertz CT molecular complexity index is 898. The molecule has 32 heavy (non-hydrogen) atoms. The third kappa shape index (κ3) is 6.35. The van der Waals surface area contributed by atoms with Gasteiger partial charge in [0.05, 0.1) is 11.7 Å². The van der Waals surface area contributed by atoms with Gasteiger partial charge in [0.25, 0.3) is 0 Å². The van der Waals surface area contributed by atoms with Crippen molar-refractivity contribution in [3.63, 3.8) is 0 Å². The molecule has 6 nitrogen and oxygen atoms in total. The molecule has 0 radical (unpaired) electrons. The molecule has 1 aromatic rings. The molecule has 176 valence electrons. The molecule has 1 fully saturated rings. The molecule has 2 atom stereocenters. The topological polar surface area (TPSA) is 71.2 Å². The van der Waals surface area contributed by atoms with E-state index in [2.05, 4.69) is 38.8 Å². The summed E-state index contributed by atoms with van der Waals surface area (Å²) in [6.07, 6.45) is 5.69. The summed E-state index contributed by atoms with van der Waals surface area (Å²) < 4.78 is 5.65. The molecule has 1 aromatic carbocycles. The molecule has 2 aliphatic heterocycles. The van der Waals surface area contributed by atoms with Crippen LogP contribution < -0.4 is 5.73 Å². The van der Waals surface area contributed by atoms with Gasteiger partial charge in [0.1, 0.15) is 5.60 Å². The van der Waals surface area contributed by atoms with Crippen LogP contribution in [-0.4, -0.2) is 60.4 Å². The number of aliphatic imine (C=N–C) groups is 1. The number of hydrogen-bond acceptors (Lipinski definition) is 5. The first-order valence-corrected chi connectivity index (χ1v) is 11.7. The number of nitrogen functional groups attached to an aromatic ring is 1. The third-order valence-electron chi connectivity index (χ3n) is 5.93. The van der Waals surface area contributed by atoms with E-state index >= 15 is 0 Å². The van der Waals surface area contributed by atoms with E-state index in [0.717, 1.165) is 42.8 Å². The van der Waals surface area contributed by atoms with Crippen molar-refractivity contribution in [2.45, 2.75) is 66.0 Å². The molecule has 2 unspecified atom stereocenters. The standard InChI is InChI=1S/C26H40N4O2/c1-18-8-11-23(30(15-18)24(31)32-25(2,3)4)19-9-10-20(22(27)12-19)14-28-21-13-26(5,6)17-29(7)16-21/h9-12,14,18,21H,8,13,15-17,27H2,1-7H3. The number of likely N-dealkylation sites (tertiary alicyclic amines) is 1. The lowest BCUT2D eigenvalue weighted by molar-refractivity contribution is 0.0327. The summed E-state index contributed by atoms with van der Waals surface area (Å²) in [6.45, 7) is 15.1. The Hall–Kier alpha value is -2.34. The first-order valence-electron chi connectivity index (χ1n) is 11.7.